The van der Waals surface area contributed by atoms with Crippen molar-refractivity contribution < 1.29 is 32.3 Å². The highest BCUT2D eigenvalue weighted by Gasteiger charge is 2.37. The fourth-order valence-electron chi connectivity index (χ4n) is 3.58. The fourth-order valence-corrected chi connectivity index (χ4v) is 4.79. The van der Waals surface area contributed by atoms with Crippen molar-refractivity contribution in [2.24, 2.45) is 0 Å². The molecule has 1 N–H and O–H groups in total. The van der Waals surface area contributed by atoms with Gasteiger partial charge in [0.25, 0.3) is 11.8 Å². The Morgan fingerprint density at radius 3 is 2.53 bits per heavy atom. The number of carbonyl (C=O) groups is 3. The number of amides is 2. The van der Waals surface area contributed by atoms with E-state index in [0.29, 0.717) is 22.2 Å². The van der Waals surface area contributed by atoms with Crippen LogP contribution in [0.4, 0.5) is 18.2 Å². The normalized spacial score (nSPS) is 13.6. The smallest absolute Gasteiger partial charge is 0.433 e. The lowest BCUT2D eigenvalue weighted by Crippen LogP contribution is -2.21. The van der Waals surface area contributed by atoms with Gasteiger partial charge in [-0.3, -0.25) is 9.59 Å². The van der Waals surface area contributed by atoms with Crippen LogP contribution in [-0.2, 0) is 10.9 Å². The highest BCUT2D eigenvalue weighted by molar-refractivity contribution is 7.18. The van der Waals surface area contributed by atoms with Crippen molar-refractivity contribution >= 4 is 39.8 Å². The van der Waals surface area contributed by atoms with Gasteiger partial charge in [-0.1, -0.05) is 6.92 Å². The maximum absolute atomic E-state index is 13.7. The van der Waals surface area contributed by atoms with Gasteiger partial charge in [0, 0.05) is 31.8 Å². The molecule has 1 aliphatic carbocycles. The zero-order valence-corrected chi connectivity index (χ0v) is 20.8. The van der Waals surface area contributed by atoms with Crippen molar-refractivity contribution in [1.82, 2.24) is 19.5 Å². The van der Waals surface area contributed by atoms with Gasteiger partial charge < -0.3 is 15.0 Å². The second-order valence-corrected chi connectivity index (χ2v) is 9.71. The van der Waals surface area contributed by atoms with Crippen molar-refractivity contribution in [1.29, 1.82) is 0 Å². The number of nitrogens with zero attached hydrogens (tertiary/aromatic N) is 4. The third kappa shape index (κ3) is 4.92. The first-order chi connectivity index (χ1) is 16.9. The molecule has 13 heteroatoms. The second-order valence-electron chi connectivity index (χ2n) is 8.69. The molecule has 36 heavy (non-hydrogen) atoms. The molecule has 2 amide bonds. The summed E-state index contributed by atoms with van der Waals surface area (Å²) < 4.78 is 46.9. The molecule has 4 rings (SSSR count). The van der Waals surface area contributed by atoms with E-state index < -0.39 is 23.7 Å². The Kier molecular flexibility index (Phi) is 6.78. The molecule has 0 saturated heterocycles. The highest BCUT2D eigenvalue weighted by atomic mass is 32.1. The van der Waals surface area contributed by atoms with E-state index in [2.05, 4.69) is 15.4 Å². The fraction of sp³-hybridized carbons (Fsp3) is 0.435. The summed E-state index contributed by atoms with van der Waals surface area (Å²) in [6.07, 6.45) is -2.62. The van der Waals surface area contributed by atoms with Crippen LogP contribution in [0.3, 0.4) is 0 Å². The van der Waals surface area contributed by atoms with Gasteiger partial charge in [-0.25, -0.2) is 14.3 Å². The molecule has 1 aliphatic rings. The minimum absolute atomic E-state index is 0.0147. The Balaban J connectivity index is 1.73. The molecule has 3 heterocycles. The maximum Gasteiger partial charge on any atom is 0.433 e. The molecule has 0 radical (unpaired) electrons. The molecule has 192 valence electrons. The number of carbonyl (C=O) groups excluding carboxylic acids is 3. The first-order valence-corrected chi connectivity index (χ1v) is 12.0. The number of hydrogen-bond acceptors (Lipinski definition) is 7. The zero-order valence-electron chi connectivity index (χ0n) is 20.0. The molecular formula is C23H24F3N5O4S. The van der Waals surface area contributed by atoms with E-state index in [4.69, 9.17) is 4.74 Å². The summed E-state index contributed by atoms with van der Waals surface area (Å²) in [5.74, 6) is -1.98. The summed E-state index contributed by atoms with van der Waals surface area (Å²) >= 11 is 0.882. The number of aromatic nitrogens is 3. The third-order valence-corrected chi connectivity index (χ3v) is 6.78. The molecule has 3 aromatic rings. The molecule has 0 unspecified atom stereocenters. The topological polar surface area (TPSA) is 106 Å². The van der Waals surface area contributed by atoms with E-state index in [9.17, 15) is 27.6 Å². The van der Waals surface area contributed by atoms with Crippen LogP contribution in [-0.4, -0.2) is 58.0 Å². The van der Waals surface area contributed by atoms with Gasteiger partial charge in [-0.05, 0) is 37.8 Å². The Morgan fingerprint density at radius 1 is 1.25 bits per heavy atom. The predicted octanol–water partition coefficient (Wildman–Crippen LogP) is 4.52. The summed E-state index contributed by atoms with van der Waals surface area (Å²) in [4.78, 5) is 44.2. The van der Waals surface area contributed by atoms with Crippen molar-refractivity contribution in [3.05, 3.63) is 45.2 Å². The van der Waals surface area contributed by atoms with Crippen LogP contribution in [0.1, 0.15) is 79.6 Å². The quantitative estimate of drug-likeness (QED) is 0.457. The first-order valence-electron chi connectivity index (χ1n) is 11.2. The van der Waals surface area contributed by atoms with Gasteiger partial charge in [0.05, 0.1) is 17.0 Å². The molecule has 0 bridgehead atoms. The van der Waals surface area contributed by atoms with Crippen molar-refractivity contribution in [2.45, 2.75) is 45.2 Å². The lowest BCUT2D eigenvalue weighted by Gasteiger charge is -2.10. The number of nitrogens with one attached hydrogen (secondary N) is 1. The van der Waals surface area contributed by atoms with E-state index in [-0.39, 0.29) is 45.2 Å². The Morgan fingerprint density at radius 2 is 1.94 bits per heavy atom. The van der Waals surface area contributed by atoms with Gasteiger partial charge in [-0.15, -0.1) is 11.3 Å². The van der Waals surface area contributed by atoms with Crippen molar-refractivity contribution in [3.8, 4) is 0 Å². The number of fused-ring (bicyclic) bond motifs is 1. The lowest BCUT2D eigenvalue weighted by atomic mass is 10.1. The molecule has 0 spiro atoms. The number of thiophene rings is 1. The second kappa shape index (κ2) is 9.52. The van der Waals surface area contributed by atoms with E-state index >= 15 is 0 Å². The lowest BCUT2D eigenvalue weighted by molar-refractivity contribution is -0.142. The summed E-state index contributed by atoms with van der Waals surface area (Å²) in [6.45, 7) is 3.52. The molecule has 0 aliphatic heterocycles. The predicted molar refractivity (Wildman–Crippen MR) is 126 cm³/mol. The maximum atomic E-state index is 13.7. The number of esters is 1. The minimum Gasteiger partial charge on any atom is -0.462 e. The molecule has 0 atom stereocenters. The van der Waals surface area contributed by atoms with Crippen molar-refractivity contribution in [2.75, 3.05) is 26.0 Å². The van der Waals surface area contributed by atoms with Crippen molar-refractivity contribution in [3.63, 3.8) is 0 Å². The summed E-state index contributed by atoms with van der Waals surface area (Å²) in [5.41, 5.74) is -0.793. The van der Waals surface area contributed by atoms with E-state index in [0.717, 1.165) is 36.3 Å². The Hall–Kier alpha value is -3.48. The Bertz CT molecular complexity index is 1360. The van der Waals surface area contributed by atoms with E-state index in [1.54, 1.807) is 21.0 Å². The standard InChI is InChI=1S/C23H24F3N5O4S/c1-5-8-35-22(34)17-11(2)18(21(33)30(3)4)36-20(17)28-19(32)14-10-16-27-13(12-6-7-12)9-15(23(24,25)26)31(16)29-14/h9-10,12H,5-8H2,1-4H3,(H,28,32). The molecule has 1 saturated carbocycles. The first kappa shape index (κ1) is 25.6. The minimum atomic E-state index is -4.70. The number of hydrogen-bond donors (Lipinski definition) is 1. The van der Waals surface area contributed by atoms with Crippen LogP contribution >= 0.6 is 11.3 Å². The van der Waals surface area contributed by atoms with Crippen LogP contribution in [0.5, 0.6) is 0 Å². The monoisotopic (exact) mass is 523 g/mol. The highest BCUT2D eigenvalue weighted by Crippen LogP contribution is 2.41. The molecule has 0 aromatic carbocycles. The number of rotatable bonds is 7. The van der Waals surface area contributed by atoms with Gasteiger partial charge in [0.1, 0.15) is 10.7 Å². The van der Waals surface area contributed by atoms with Crippen LogP contribution in [0.2, 0.25) is 0 Å². The SMILES string of the molecule is CCCOC(=O)c1c(NC(=O)c2cc3nc(C4CC4)cc(C(F)(F)F)n3n2)sc(C(=O)N(C)C)c1C. The van der Waals surface area contributed by atoms with Gasteiger partial charge >= 0.3 is 12.1 Å². The zero-order chi connectivity index (χ0) is 26.4. The van der Waals surface area contributed by atoms with Gasteiger partial charge in [-0.2, -0.15) is 18.3 Å². The van der Waals surface area contributed by atoms with E-state index in [1.165, 1.54) is 4.90 Å². The third-order valence-electron chi connectivity index (χ3n) is 5.58. The Labute approximate surface area is 208 Å². The van der Waals surface area contributed by atoms with Crippen LogP contribution in [0, 0.1) is 6.92 Å². The number of anilines is 1. The summed E-state index contributed by atoms with van der Waals surface area (Å²) in [6, 6.07) is 2.13. The van der Waals surface area contributed by atoms with Crippen LogP contribution in [0.15, 0.2) is 12.1 Å². The summed E-state index contributed by atoms with van der Waals surface area (Å²) in [7, 11) is 3.10. The van der Waals surface area contributed by atoms with Gasteiger partial charge in [0.2, 0.25) is 0 Å². The van der Waals surface area contributed by atoms with Crippen LogP contribution < -0.4 is 5.32 Å². The average Bonchev–Trinajstić information content (AvgIpc) is 3.49. The molecule has 1 fully saturated rings. The molecular weight excluding hydrogens is 499 g/mol. The number of halogens is 3. The number of alkyl halides is 3. The average molecular weight is 524 g/mol. The summed E-state index contributed by atoms with van der Waals surface area (Å²) in [5, 5.41) is 6.42. The number of ether oxygens (including phenoxy) is 1. The van der Waals surface area contributed by atoms with Gasteiger partial charge in [0.15, 0.2) is 11.3 Å². The molecule has 3 aromatic heterocycles. The largest absolute Gasteiger partial charge is 0.462 e. The van der Waals surface area contributed by atoms with Crippen LogP contribution in [0.25, 0.3) is 5.65 Å². The molecule has 9 nitrogen and oxygen atoms in total. The van der Waals surface area contributed by atoms with E-state index in [1.807, 2.05) is 6.92 Å².